The number of nitrogens with zero attached hydrogens (tertiary/aromatic N) is 1. The van der Waals surface area contributed by atoms with Crippen LogP contribution < -0.4 is 10.2 Å². The minimum absolute atomic E-state index is 0.535. The Balaban J connectivity index is 2.64. The van der Waals surface area contributed by atoms with Gasteiger partial charge in [0, 0.05) is 31.4 Å². The SMILES string of the molecule is CC(C)NCc1ccc(N(C)C(C)C(C)C)cc1. The molecule has 0 heterocycles. The van der Waals surface area contributed by atoms with E-state index in [1.54, 1.807) is 0 Å². The fraction of sp³-hybridized carbons (Fsp3) is 0.625. The maximum absolute atomic E-state index is 3.44. The molecule has 2 nitrogen and oxygen atoms in total. The van der Waals surface area contributed by atoms with E-state index in [9.17, 15) is 0 Å². The Bertz CT molecular complexity index is 341. The molecule has 1 atom stereocenters. The molecule has 0 aliphatic heterocycles. The van der Waals surface area contributed by atoms with Crippen molar-refractivity contribution in [2.45, 2.75) is 53.2 Å². The average Bonchev–Trinajstić information content (AvgIpc) is 2.35. The van der Waals surface area contributed by atoms with Gasteiger partial charge in [-0.2, -0.15) is 0 Å². The Labute approximate surface area is 112 Å². The van der Waals surface area contributed by atoms with Crippen LogP contribution in [0.25, 0.3) is 0 Å². The van der Waals surface area contributed by atoms with Crippen molar-refractivity contribution in [3.8, 4) is 0 Å². The highest BCUT2D eigenvalue weighted by molar-refractivity contribution is 5.47. The molecular formula is C16H28N2. The molecule has 0 saturated heterocycles. The van der Waals surface area contributed by atoms with E-state index < -0.39 is 0 Å². The van der Waals surface area contributed by atoms with Gasteiger partial charge in [-0.05, 0) is 30.5 Å². The summed E-state index contributed by atoms with van der Waals surface area (Å²) in [5, 5.41) is 3.44. The lowest BCUT2D eigenvalue weighted by molar-refractivity contribution is 0.505. The van der Waals surface area contributed by atoms with Crippen molar-refractivity contribution < 1.29 is 0 Å². The molecule has 2 heteroatoms. The average molecular weight is 248 g/mol. The van der Waals surface area contributed by atoms with Gasteiger partial charge >= 0.3 is 0 Å². The van der Waals surface area contributed by atoms with Crippen molar-refractivity contribution in [3.63, 3.8) is 0 Å². The number of nitrogens with one attached hydrogen (secondary N) is 1. The van der Waals surface area contributed by atoms with Gasteiger partial charge in [0.05, 0.1) is 0 Å². The zero-order valence-corrected chi connectivity index (χ0v) is 12.7. The molecule has 0 saturated carbocycles. The number of hydrogen-bond donors (Lipinski definition) is 1. The van der Waals surface area contributed by atoms with Crippen LogP contribution in [0.2, 0.25) is 0 Å². The molecule has 0 aliphatic carbocycles. The summed E-state index contributed by atoms with van der Waals surface area (Å²) in [4.78, 5) is 2.35. The van der Waals surface area contributed by atoms with Crippen LogP contribution in [-0.4, -0.2) is 19.1 Å². The second-order valence-corrected chi connectivity index (χ2v) is 5.80. The lowest BCUT2D eigenvalue weighted by Crippen LogP contribution is -2.33. The molecule has 0 radical (unpaired) electrons. The number of benzene rings is 1. The number of rotatable bonds is 6. The quantitative estimate of drug-likeness (QED) is 0.826. The van der Waals surface area contributed by atoms with Crippen molar-refractivity contribution >= 4 is 5.69 Å². The third-order valence-electron chi connectivity index (χ3n) is 3.63. The van der Waals surface area contributed by atoms with Gasteiger partial charge in [-0.15, -0.1) is 0 Å². The smallest absolute Gasteiger partial charge is 0.0366 e. The minimum atomic E-state index is 0.535. The minimum Gasteiger partial charge on any atom is -0.372 e. The highest BCUT2D eigenvalue weighted by Crippen LogP contribution is 2.19. The van der Waals surface area contributed by atoms with Crippen LogP contribution in [0, 0.1) is 5.92 Å². The first-order valence-electron chi connectivity index (χ1n) is 6.97. The fourth-order valence-corrected chi connectivity index (χ4v) is 1.85. The van der Waals surface area contributed by atoms with Crippen LogP contribution in [0.5, 0.6) is 0 Å². The zero-order valence-electron chi connectivity index (χ0n) is 12.7. The lowest BCUT2D eigenvalue weighted by atomic mass is 10.0. The van der Waals surface area contributed by atoms with E-state index in [0.29, 0.717) is 18.0 Å². The molecular weight excluding hydrogens is 220 g/mol. The Morgan fingerprint density at radius 1 is 1.00 bits per heavy atom. The Kier molecular flexibility index (Phi) is 5.67. The molecule has 0 aliphatic rings. The van der Waals surface area contributed by atoms with Crippen LogP contribution in [-0.2, 0) is 6.54 Å². The summed E-state index contributed by atoms with van der Waals surface area (Å²) in [5.41, 5.74) is 2.64. The third-order valence-corrected chi connectivity index (χ3v) is 3.63. The summed E-state index contributed by atoms with van der Waals surface area (Å²) >= 11 is 0. The summed E-state index contributed by atoms with van der Waals surface area (Å²) < 4.78 is 0. The predicted octanol–water partition coefficient (Wildman–Crippen LogP) is 3.67. The fourth-order valence-electron chi connectivity index (χ4n) is 1.85. The van der Waals surface area contributed by atoms with Crippen LogP contribution in [0.1, 0.15) is 40.2 Å². The van der Waals surface area contributed by atoms with Crippen molar-refractivity contribution in [1.29, 1.82) is 0 Å². The van der Waals surface area contributed by atoms with Crippen molar-refractivity contribution in [1.82, 2.24) is 5.32 Å². The van der Waals surface area contributed by atoms with Crippen molar-refractivity contribution in [2.75, 3.05) is 11.9 Å². The van der Waals surface area contributed by atoms with Gasteiger partial charge < -0.3 is 10.2 Å². The molecule has 1 unspecified atom stereocenters. The maximum atomic E-state index is 3.44. The van der Waals surface area contributed by atoms with Gasteiger partial charge in [-0.25, -0.2) is 0 Å². The normalized spacial score (nSPS) is 13.1. The first kappa shape index (κ1) is 15.0. The molecule has 0 amide bonds. The van der Waals surface area contributed by atoms with Crippen molar-refractivity contribution in [3.05, 3.63) is 29.8 Å². The summed E-state index contributed by atoms with van der Waals surface area (Å²) in [5.74, 6) is 0.664. The van der Waals surface area contributed by atoms with Gasteiger partial charge in [0.2, 0.25) is 0 Å². The Morgan fingerprint density at radius 3 is 2.00 bits per heavy atom. The van der Waals surface area contributed by atoms with Crippen molar-refractivity contribution in [2.24, 2.45) is 5.92 Å². The second kappa shape index (κ2) is 6.79. The highest BCUT2D eigenvalue weighted by atomic mass is 15.1. The molecule has 102 valence electrons. The molecule has 18 heavy (non-hydrogen) atoms. The van der Waals surface area contributed by atoms with Crippen LogP contribution in [0.4, 0.5) is 5.69 Å². The predicted molar refractivity (Wildman–Crippen MR) is 81.1 cm³/mol. The lowest BCUT2D eigenvalue weighted by Gasteiger charge is -2.30. The van der Waals surface area contributed by atoms with E-state index in [4.69, 9.17) is 0 Å². The standard InChI is InChI=1S/C16H28N2/c1-12(2)14(5)18(6)16-9-7-15(8-10-16)11-17-13(3)4/h7-10,12-14,17H,11H2,1-6H3. The van der Waals surface area contributed by atoms with Crippen LogP contribution >= 0.6 is 0 Å². The highest BCUT2D eigenvalue weighted by Gasteiger charge is 2.13. The van der Waals surface area contributed by atoms with Gasteiger partial charge in [0.25, 0.3) is 0 Å². The number of hydrogen-bond acceptors (Lipinski definition) is 2. The Hall–Kier alpha value is -1.02. The maximum Gasteiger partial charge on any atom is 0.0366 e. The van der Waals surface area contributed by atoms with Gasteiger partial charge in [-0.1, -0.05) is 39.8 Å². The second-order valence-electron chi connectivity index (χ2n) is 5.80. The van der Waals surface area contributed by atoms with Gasteiger partial charge in [-0.3, -0.25) is 0 Å². The number of anilines is 1. The zero-order chi connectivity index (χ0) is 13.7. The summed E-state index contributed by atoms with van der Waals surface area (Å²) in [7, 11) is 2.17. The molecule has 1 N–H and O–H groups in total. The van der Waals surface area contributed by atoms with E-state index in [0.717, 1.165) is 6.54 Å². The summed E-state index contributed by atoms with van der Waals surface area (Å²) in [6, 6.07) is 9.97. The van der Waals surface area contributed by atoms with E-state index in [1.807, 2.05) is 0 Å². The molecule has 0 spiro atoms. The van der Waals surface area contributed by atoms with Crippen LogP contribution in [0.3, 0.4) is 0 Å². The van der Waals surface area contributed by atoms with E-state index in [2.05, 4.69) is 76.1 Å². The molecule has 1 rings (SSSR count). The van der Waals surface area contributed by atoms with E-state index in [1.165, 1.54) is 11.3 Å². The molecule has 0 bridgehead atoms. The van der Waals surface area contributed by atoms with Gasteiger partial charge in [0.1, 0.15) is 0 Å². The first-order valence-corrected chi connectivity index (χ1v) is 6.97. The topological polar surface area (TPSA) is 15.3 Å². The van der Waals surface area contributed by atoms with E-state index in [-0.39, 0.29) is 0 Å². The Morgan fingerprint density at radius 2 is 1.56 bits per heavy atom. The van der Waals surface area contributed by atoms with Crippen LogP contribution in [0.15, 0.2) is 24.3 Å². The first-order chi connectivity index (χ1) is 8.41. The summed E-state index contributed by atoms with van der Waals surface area (Å²) in [6.45, 7) is 12.1. The van der Waals surface area contributed by atoms with Gasteiger partial charge in [0.15, 0.2) is 0 Å². The summed E-state index contributed by atoms with van der Waals surface area (Å²) in [6.07, 6.45) is 0. The molecule has 1 aromatic rings. The monoisotopic (exact) mass is 248 g/mol. The third kappa shape index (κ3) is 4.34. The largest absolute Gasteiger partial charge is 0.372 e. The molecule has 0 aromatic heterocycles. The molecule has 1 aromatic carbocycles. The van der Waals surface area contributed by atoms with E-state index >= 15 is 0 Å². The molecule has 0 fully saturated rings.